The predicted molar refractivity (Wildman–Crippen MR) is 71.6 cm³/mol. The van der Waals surface area contributed by atoms with Gasteiger partial charge in [-0.1, -0.05) is 32.8 Å². The molecule has 1 unspecified atom stereocenters. The lowest BCUT2D eigenvalue weighted by atomic mass is 9.90. The van der Waals surface area contributed by atoms with E-state index in [2.05, 4.69) is 25.2 Å². The van der Waals surface area contributed by atoms with Crippen molar-refractivity contribution in [3.8, 4) is 0 Å². The van der Waals surface area contributed by atoms with Crippen LogP contribution in [-0.4, -0.2) is 7.05 Å². The van der Waals surface area contributed by atoms with Gasteiger partial charge in [-0.3, -0.25) is 0 Å². The first kappa shape index (κ1) is 14.2. The minimum Gasteiger partial charge on any atom is -0.313 e. The van der Waals surface area contributed by atoms with E-state index in [0.717, 1.165) is 17.5 Å². The number of benzene rings is 1. The van der Waals surface area contributed by atoms with Crippen LogP contribution in [-0.2, 0) is 0 Å². The van der Waals surface area contributed by atoms with E-state index in [4.69, 9.17) is 0 Å². The van der Waals surface area contributed by atoms with Gasteiger partial charge in [0.1, 0.15) is 5.82 Å². The summed E-state index contributed by atoms with van der Waals surface area (Å²) in [5, 5.41) is 3.31. The number of hydrogen-bond donors (Lipinski definition) is 1. The molecular formula is C15H24FN. The molecule has 0 radical (unpaired) electrons. The monoisotopic (exact) mass is 237 g/mol. The molecule has 0 amide bonds. The van der Waals surface area contributed by atoms with Gasteiger partial charge in [0.05, 0.1) is 0 Å². The molecule has 1 N–H and O–H groups in total. The molecule has 96 valence electrons. The Morgan fingerprint density at radius 3 is 2.29 bits per heavy atom. The van der Waals surface area contributed by atoms with Crippen molar-refractivity contribution >= 4 is 0 Å². The molecule has 0 aliphatic heterocycles. The zero-order valence-electron chi connectivity index (χ0n) is 11.4. The van der Waals surface area contributed by atoms with Gasteiger partial charge >= 0.3 is 0 Å². The van der Waals surface area contributed by atoms with Crippen molar-refractivity contribution in [2.45, 2.75) is 46.1 Å². The first-order chi connectivity index (χ1) is 8.10. The third-order valence-corrected chi connectivity index (χ3v) is 3.54. The second-order valence-corrected chi connectivity index (χ2v) is 4.82. The summed E-state index contributed by atoms with van der Waals surface area (Å²) in [6.07, 6.45) is 3.44. The van der Waals surface area contributed by atoms with E-state index >= 15 is 0 Å². The fraction of sp³-hybridized carbons (Fsp3) is 0.600. The standard InChI is InChI=1S/C15H24FN/c1-5-12(6-2)9-15(17-4)13-7-11(3)8-14(16)10-13/h7-8,10,12,15,17H,5-6,9H2,1-4H3. The van der Waals surface area contributed by atoms with E-state index in [1.165, 1.54) is 12.8 Å². The van der Waals surface area contributed by atoms with Gasteiger partial charge in [0.25, 0.3) is 0 Å². The Kier molecular flexibility index (Phi) is 5.63. The van der Waals surface area contributed by atoms with Gasteiger partial charge in [-0.2, -0.15) is 0 Å². The Balaban J connectivity index is 2.85. The van der Waals surface area contributed by atoms with Gasteiger partial charge in [0.2, 0.25) is 0 Å². The molecule has 1 aromatic rings. The van der Waals surface area contributed by atoms with Gasteiger partial charge in [0, 0.05) is 6.04 Å². The molecule has 1 atom stereocenters. The molecule has 17 heavy (non-hydrogen) atoms. The Labute approximate surface area is 104 Å². The molecule has 1 nitrogen and oxygen atoms in total. The molecule has 0 aliphatic carbocycles. The highest BCUT2D eigenvalue weighted by atomic mass is 19.1. The summed E-state index contributed by atoms with van der Waals surface area (Å²) >= 11 is 0. The Hall–Kier alpha value is -0.890. The van der Waals surface area contributed by atoms with Crippen molar-refractivity contribution in [2.24, 2.45) is 5.92 Å². The molecule has 0 fully saturated rings. The second-order valence-electron chi connectivity index (χ2n) is 4.82. The van der Waals surface area contributed by atoms with Gasteiger partial charge in [-0.15, -0.1) is 0 Å². The average molecular weight is 237 g/mol. The molecule has 0 aliphatic rings. The van der Waals surface area contributed by atoms with E-state index in [1.54, 1.807) is 12.1 Å². The minimum atomic E-state index is -0.134. The first-order valence-electron chi connectivity index (χ1n) is 6.55. The highest BCUT2D eigenvalue weighted by molar-refractivity contribution is 5.26. The lowest BCUT2D eigenvalue weighted by molar-refractivity contribution is 0.384. The van der Waals surface area contributed by atoms with Crippen LogP contribution in [0.1, 0.15) is 50.3 Å². The Morgan fingerprint density at radius 1 is 1.18 bits per heavy atom. The van der Waals surface area contributed by atoms with Gasteiger partial charge in [-0.05, 0) is 49.6 Å². The normalized spacial score (nSPS) is 13.1. The third kappa shape index (κ3) is 4.12. The number of aryl methyl sites for hydroxylation is 1. The SMILES string of the molecule is CCC(CC)CC(NC)c1cc(C)cc(F)c1. The summed E-state index contributed by atoms with van der Waals surface area (Å²) in [5.41, 5.74) is 2.06. The summed E-state index contributed by atoms with van der Waals surface area (Å²) in [4.78, 5) is 0. The van der Waals surface area contributed by atoms with Crippen LogP contribution in [0.15, 0.2) is 18.2 Å². The van der Waals surface area contributed by atoms with Crippen LogP contribution in [0.25, 0.3) is 0 Å². The molecule has 0 saturated heterocycles. The summed E-state index contributed by atoms with van der Waals surface area (Å²) < 4.78 is 13.4. The number of rotatable bonds is 6. The number of nitrogens with one attached hydrogen (secondary N) is 1. The van der Waals surface area contributed by atoms with Gasteiger partial charge < -0.3 is 5.32 Å². The van der Waals surface area contributed by atoms with Crippen LogP contribution in [0.3, 0.4) is 0 Å². The van der Waals surface area contributed by atoms with Gasteiger partial charge in [-0.25, -0.2) is 4.39 Å². The quantitative estimate of drug-likeness (QED) is 0.781. The highest BCUT2D eigenvalue weighted by Gasteiger charge is 2.15. The molecule has 1 aromatic carbocycles. The van der Waals surface area contributed by atoms with Crippen LogP contribution in [0.4, 0.5) is 4.39 Å². The Bertz CT molecular complexity index is 325. The zero-order valence-corrected chi connectivity index (χ0v) is 11.4. The van der Waals surface area contributed by atoms with E-state index < -0.39 is 0 Å². The smallest absolute Gasteiger partial charge is 0.123 e. The van der Waals surface area contributed by atoms with Crippen molar-refractivity contribution < 1.29 is 4.39 Å². The fourth-order valence-corrected chi connectivity index (χ4v) is 2.34. The van der Waals surface area contributed by atoms with Crippen molar-refractivity contribution in [1.82, 2.24) is 5.32 Å². The summed E-state index contributed by atoms with van der Waals surface area (Å²) in [7, 11) is 1.95. The van der Waals surface area contributed by atoms with Crippen molar-refractivity contribution in [1.29, 1.82) is 0 Å². The predicted octanol–water partition coefficient (Wildman–Crippen LogP) is 4.22. The molecule has 0 spiro atoms. The summed E-state index contributed by atoms with van der Waals surface area (Å²) in [6.45, 7) is 6.38. The molecule has 0 saturated carbocycles. The molecule has 0 aromatic heterocycles. The van der Waals surface area contributed by atoms with Crippen LogP contribution >= 0.6 is 0 Å². The van der Waals surface area contributed by atoms with Crippen molar-refractivity contribution in [3.05, 3.63) is 35.1 Å². The third-order valence-electron chi connectivity index (χ3n) is 3.54. The molecule has 0 heterocycles. The fourth-order valence-electron chi connectivity index (χ4n) is 2.34. The average Bonchev–Trinajstić information content (AvgIpc) is 2.29. The molecule has 1 rings (SSSR count). The molecule has 2 heteroatoms. The van der Waals surface area contributed by atoms with Crippen LogP contribution in [0.5, 0.6) is 0 Å². The number of hydrogen-bond acceptors (Lipinski definition) is 1. The zero-order chi connectivity index (χ0) is 12.8. The van der Waals surface area contributed by atoms with Crippen LogP contribution in [0.2, 0.25) is 0 Å². The maximum Gasteiger partial charge on any atom is 0.123 e. The van der Waals surface area contributed by atoms with E-state index in [9.17, 15) is 4.39 Å². The molecular weight excluding hydrogens is 213 g/mol. The van der Waals surface area contributed by atoms with Crippen molar-refractivity contribution in [3.63, 3.8) is 0 Å². The maximum atomic E-state index is 13.4. The van der Waals surface area contributed by atoms with Gasteiger partial charge in [0.15, 0.2) is 0 Å². The van der Waals surface area contributed by atoms with Crippen molar-refractivity contribution in [2.75, 3.05) is 7.05 Å². The van der Waals surface area contributed by atoms with Crippen LogP contribution in [0, 0.1) is 18.7 Å². The first-order valence-corrected chi connectivity index (χ1v) is 6.55. The van der Waals surface area contributed by atoms with Crippen LogP contribution < -0.4 is 5.32 Å². The second kappa shape index (κ2) is 6.75. The summed E-state index contributed by atoms with van der Waals surface area (Å²) in [6, 6.07) is 5.56. The minimum absolute atomic E-state index is 0.134. The maximum absolute atomic E-state index is 13.4. The summed E-state index contributed by atoms with van der Waals surface area (Å²) in [5.74, 6) is 0.570. The van der Waals surface area contributed by atoms with E-state index in [0.29, 0.717) is 5.92 Å². The Morgan fingerprint density at radius 2 is 1.82 bits per heavy atom. The largest absolute Gasteiger partial charge is 0.313 e. The molecule has 0 bridgehead atoms. The van der Waals surface area contributed by atoms with E-state index in [-0.39, 0.29) is 11.9 Å². The topological polar surface area (TPSA) is 12.0 Å². The van der Waals surface area contributed by atoms with E-state index in [1.807, 2.05) is 14.0 Å². The number of halogens is 1. The highest BCUT2D eigenvalue weighted by Crippen LogP contribution is 2.26. The lowest BCUT2D eigenvalue weighted by Gasteiger charge is -2.22. The lowest BCUT2D eigenvalue weighted by Crippen LogP contribution is -2.20.